The Hall–Kier alpha value is -0.0200. The Morgan fingerprint density at radius 3 is 2.71 bits per heavy atom. The largest absolute Gasteiger partial charge is 0.206 e. The molecule has 0 aliphatic heterocycles. The average molecular weight is 277 g/mol. The molecule has 1 aromatic rings. The van der Waals surface area contributed by atoms with Gasteiger partial charge in [-0.2, -0.15) is 11.8 Å². The van der Waals surface area contributed by atoms with Gasteiger partial charge in [0.15, 0.2) is 0 Å². The van der Waals surface area contributed by atoms with Crippen LogP contribution in [0.15, 0.2) is 22.7 Å². The van der Waals surface area contributed by atoms with Crippen molar-refractivity contribution in [2.75, 3.05) is 5.75 Å². The Bertz CT molecular complexity index is 299. The van der Waals surface area contributed by atoms with E-state index in [-0.39, 0.29) is 5.82 Å². The predicted molar refractivity (Wildman–Crippen MR) is 65.1 cm³/mol. The first-order valence-electron chi connectivity index (χ1n) is 4.61. The second kappa shape index (κ2) is 5.76. The summed E-state index contributed by atoms with van der Waals surface area (Å²) in [5.41, 5.74) is 1.17. The van der Waals surface area contributed by atoms with Gasteiger partial charge in [0.2, 0.25) is 0 Å². The number of thioether (sulfide) groups is 1. The van der Waals surface area contributed by atoms with Gasteiger partial charge in [0, 0.05) is 5.75 Å². The van der Waals surface area contributed by atoms with Crippen LogP contribution in [0.5, 0.6) is 0 Å². The summed E-state index contributed by atoms with van der Waals surface area (Å²) >= 11 is 5.07. The first-order valence-corrected chi connectivity index (χ1v) is 6.56. The maximum atomic E-state index is 12.9. The van der Waals surface area contributed by atoms with Crippen LogP contribution in [0, 0.1) is 11.7 Å². The fourth-order valence-corrected chi connectivity index (χ4v) is 2.47. The Labute approximate surface area is 97.4 Å². The molecular formula is C11H14BrFS. The van der Waals surface area contributed by atoms with Crippen molar-refractivity contribution in [1.82, 2.24) is 0 Å². The van der Waals surface area contributed by atoms with Gasteiger partial charge in [0.25, 0.3) is 0 Å². The molecular weight excluding hydrogens is 263 g/mol. The molecule has 0 heterocycles. The molecule has 0 radical (unpaired) electrons. The van der Waals surface area contributed by atoms with Crippen LogP contribution < -0.4 is 0 Å². The molecule has 0 saturated heterocycles. The predicted octanol–water partition coefficient (Wildman–Crippen LogP) is 4.48. The van der Waals surface area contributed by atoms with Crippen LogP contribution in [0.4, 0.5) is 4.39 Å². The number of halogens is 2. The number of benzene rings is 1. The van der Waals surface area contributed by atoms with Crippen molar-refractivity contribution >= 4 is 27.7 Å². The van der Waals surface area contributed by atoms with E-state index in [1.807, 2.05) is 23.9 Å². The molecule has 0 bridgehead atoms. The standard InChI is InChI=1S/C11H14BrFS/c1-8(2)6-14-7-9-3-4-11(13)10(12)5-9/h3-5,8H,6-7H2,1-2H3. The van der Waals surface area contributed by atoms with E-state index < -0.39 is 0 Å². The Kier molecular flexibility index (Phi) is 4.96. The van der Waals surface area contributed by atoms with Crippen LogP contribution in [-0.2, 0) is 5.75 Å². The summed E-state index contributed by atoms with van der Waals surface area (Å²) < 4.78 is 13.5. The fourth-order valence-electron chi connectivity index (χ4n) is 1.04. The van der Waals surface area contributed by atoms with E-state index in [4.69, 9.17) is 0 Å². The van der Waals surface area contributed by atoms with Crippen molar-refractivity contribution in [3.8, 4) is 0 Å². The maximum Gasteiger partial charge on any atom is 0.137 e. The zero-order valence-corrected chi connectivity index (χ0v) is 10.8. The summed E-state index contributed by atoms with van der Waals surface area (Å²) in [5, 5.41) is 0. The maximum absolute atomic E-state index is 12.9. The quantitative estimate of drug-likeness (QED) is 0.782. The molecule has 0 atom stereocenters. The van der Waals surface area contributed by atoms with Crippen LogP contribution in [-0.4, -0.2) is 5.75 Å². The summed E-state index contributed by atoms with van der Waals surface area (Å²) in [6.45, 7) is 4.40. The summed E-state index contributed by atoms with van der Waals surface area (Å²) in [6, 6.07) is 5.20. The topological polar surface area (TPSA) is 0 Å². The Morgan fingerprint density at radius 1 is 1.43 bits per heavy atom. The lowest BCUT2D eigenvalue weighted by Crippen LogP contribution is -1.92. The first kappa shape index (κ1) is 12.1. The van der Waals surface area contributed by atoms with Crippen LogP contribution in [0.25, 0.3) is 0 Å². The molecule has 0 nitrogen and oxygen atoms in total. The smallest absolute Gasteiger partial charge is 0.137 e. The lowest BCUT2D eigenvalue weighted by molar-refractivity contribution is 0.620. The highest BCUT2D eigenvalue weighted by molar-refractivity contribution is 9.10. The molecule has 0 aliphatic carbocycles. The second-order valence-corrected chi connectivity index (χ2v) is 5.54. The van der Waals surface area contributed by atoms with E-state index in [2.05, 4.69) is 29.8 Å². The van der Waals surface area contributed by atoms with E-state index in [0.29, 0.717) is 10.4 Å². The Balaban J connectivity index is 2.47. The molecule has 14 heavy (non-hydrogen) atoms. The zero-order valence-electron chi connectivity index (χ0n) is 8.39. The van der Waals surface area contributed by atoms with Gasteiger partial charge < -0.3 is 0 Å². The zero-order chi connectivity index (χ0) is 10.6. The van der Waals surface area contributed by atoms with Crippen LogP contribution in [0.3, 0.4) is 0 Å². The van der Waals surface area contributed by atoms with Gasteiger partial charge in [0.1, 0.15) is 5.82 Å². The van der Waals surface area contributed by atoms with Crippen LogP contribution >= 0.6 is 27.7 Å². The minimum Gasteiger partial charge on any atom is -0.206 e. The highest BCUT2D eigenvalue weighted by Gasteiger charge is 2.01. The van der Waals surface area contributed by atoms with Crippen molar-refractivity contribution in [2.45, 2.75) is 19.6 Å². The SMILES string of the molecule is CC(C)CSCc1ccc(F)c(Br)c1. The average Bonchev–Trinajstić information content (AvgIpc) is 2.10. The van der Waals surface area contributed by atoms with Crippen molar-refractivity contribution in [3.63, 3.8) is 0 Å². The summed E-state index contributed by atoms with van der Waals surface area (Å²) in [7, 11) is 0. The first-order chi connectivity index (χ1) is 6.59. The number of hydrogen-bond acceptors (Lipinski definition) is 1. The Morgan fingerprint density at radius 2 is 2.14 bits per heavy atom. The highest BCUT2D eigenvalue weighted by atomic mass is 79.9. The number of rotatable bonds is 4. The molecule has 0 spiro atoms. The molecule has 0 aliphatic rings. The third kappa shape index (κ3) is 4.01. The molecule has 0 unspecified atom stereocenters. The fraction of sp³-hybridized carbons (Fsp3) is 0.455. The molecule has 3 heteroatoms. The van der Waals surface area contributed by atoms with Crippen LogP contribution in [0.2, 0.25) is 0 Å². The van der Waals surface area contributed by atoms with E-state index in [9.17, 15) is 4.39 Å². The van der Waals surface area contributed by atoms with E-state index >= 15 is 0 Å². The lowest BCUT2D eigenvalue weighted by atomic mass is 10.2. The third-order valence-electron chi connectivity index (χ3n) is 1.70. The minimum atomic E-state index is -0.192. The molecule has 0 amide bonds. The summed E-state index contributed by atoms with van der Waals surface area (Å²) in [5.74, 6) is 2.62. The normalized spacial score (nSPS) is 10.9. The molecule has 0 aromatic heterocycles. The second-order valence-electron chi connectivity index (χ2n) is 3.66. The molecule has 0 saturated carbocycles. The molecule has 0 N–H and O–H groups in total. The van der Waals surface area contributed by atoms with Crippen molar-refractivity contribution in [1.29, 1.82) is 0 Å². The van der Waals surface area contributed by atoms with Gasteiger partial charge >= 0.3 is 0 Å². The van der Waals surface area contributed by atoms with Gasteiger partial charge in [0.05, 0.1) is 4.47 Å². The van der Waals surface area contributed by atoms with Gasteiger partial charge in [-0.3, -0.25) is 0 Å². The van der Waals surface area contributed by atoms with Gasteiger partial charge in [-0.25, -0.2) is 4.39 Å². The van der Waals surface area contributed by atoms with Gasteiger partial charge in [-0.1, -0.05) is 19.9 Å². The van der Waals surface area contributed by atoms with E-state index in [1.54, 1.807) is 0 Å². The van der Waals surface area contributed by atoms with Gasteiger partial charge in [-0.05, 0) is 45.3 Å². The van der Waals surface area contributed by atoms with Gasteiger partial charge in [-0.15, -0.1) is 0 Å². The van der Waals surface area contributed by atoms with E-state index in [1.165, 1.54) is 11.6 Å². The van der Waals surface area contributed by atoms with Crippen molar-refractivity contribution in [2.24, 2.45) is 5.92 Å². The lowest BCUT2D eigenvalue weighted by Gasteiger charge is -2.05. The summed E-state index contributed by atoms with van der Waals surface area (Å²) in [4.78, 5) is 0. The third-order valence-corrected chi connectivity index (χ3v) is 3.75. The molecule has 1 aromatic carbocycles. The van der Waals surface area contributed by atoms with E-state index in [0.717, 1.165) is 11.5 Å². The van der Waals surface area contributed by atoms with Crippen LogP contribution in [0.1, 0.15) is 19.4 Å². The van der Waals surface area contributed by atoms with Crippen molar-refractivity contribution in [3.05, 3.63) is 34.1 Å². The summed E-state index contributed by atoms with van der Waals surface area (Å²) in [6.07, 6.45) is 0. The highest BCUT2D eigenvalue weighted by Crippen LogP contribution is 2.21. The molecule has 0 fully saturated rings. The number of hydrogen-bond donors (Lipinski definition) is 0. The monoisotopic (exact) mass is 276 g/mol. The molecule has 78 valence electrons. The van der Waals surface area contributed by atoms with Crippen molar-refractivity contribution < 1.29 is 4.39 Å². The molecule has 1 rings (SSSR count). The minimum absolute atomic E-state index is 0.192.